The molecule has 12 unspecified atom stereocenters. The molecule has 14 nitrogen and oxygen atoms in total. The minimum atomic E-state index is -1.78. The van der Waals surface area contributed by atoms with Gasteiger partial charge < -0.3 is 65.1 Å². The number of hydrogen-bond acceptors (Lipinski definition) is 13. The van der Waals surface area contributed by atoms with E-state index in [1.54, 1.807) is 0 Å². The van der Waals surface area contributed by atoms with E-state index >= 15 is 0 Å². The van der Waals surface area contributed by atoms with Gasteiger partial charge in [-0.2, -0.15) is 0 Å². The van der Waals surface area contributed by atoms with Crippen molar-refractivity contribution in [2.75, 3.05) is 19.8 Å². The summed E-state index contributed by atoms with van der Waals surface area (Å²) < 4.78 is 22.9. The molecule has 2 aliphatic heterocycles. The van der Waals surface area contributed by atoms with Crippen LogP contribution < -0.4 is 5.32 Å². The number of amides is 1. The molecule has 0 bridgehead atoms. The van der Waals surface area contributed by atoms with Crippen LogP contribution in [0.3, 0.4) is 0 Å². The third kappa shape index (κ3) is 35.9. The topological polar surface area (TPSA) is 228 Å². The van der Waals surface area contributed by atoms with Gasteiger partial charge in [-0.3, -0.25) is 4.79 Å². The number of hydrogen-bond donors (Lipinski definition) is 9. The maximum atomic E-state index is 13.3. The molecular weight excluding hydrogens is 1010 g/mol. The van der Waals surface area contributed by atoms with Crippen LogP contribution in [0.25, 0.3) is 0 Å². The van der Waals surface area contributed by atoms with Crippen molar-refractivity contribution in [2.24, 2.45) is 0 Å². The van der Waals surface area contributed by atoms with Gasteiger partial charge in [0.1, 0.15) is 48.8 Å². The van der Waals surface area contributed by atoms with Gasteiger partial charge in [0.2, 0.25) is 5.91 Å². The Kier molecular flexibility index (Phi) is 47.6. The Hall–Kier alpha value is -2.05. The van der Waals surface area contributed by atoms with Gasteiger partial charge in [0.15, 0.2) is 12.6 Å². The first-order chi connectivity index (χ1) is 39.1. The summed E-state index contributed by atoms with van der Waals surface area (Å²) in [5.41, 5.74) is 0. The average Bonchev–Trinajstić information content (AvgIpc) is 3.46. The minimum absolute atomic E-state index is 0.213. The van der Waals surface area contributed by atoms with Gasteiger partial charge >= 0.3 is 0 Å². The highest BCUT2D eigenvalue weighted by molar-refractivity contribution is 5.76. The second kappa shape index (κ2) is 51.4. The molecule has 14 heteroatoms. The highest BCUT2D eigenvalue weighted by Crippen LogP contribution is 2.30. The summed E-state index contributed by atoms with van der Waals surface area (Å²) >= 11 is 0. The number of rotatable bonds is 53. The van der Waals surface area contributed by atoms with Crippen LogP contribution in [0.1, 0.15) is 271 Å². The van der Waals surface area contributed by atoms with E-state index in [4.69, 9.17) is 18.9 Å². The molecule has 0 radical (unpaired) electrons. The number of ether oxygens (including phenoxy) is 4. The van der Waals surface area contributed by atoms with Crippen LogP contribution in [-0.2, 0) is 23.7 Å². The van der Waals surface area contributed by atoms with E-state index in [9.17, 15) is 45.6 Å². The molecule has 0 spiro atoms. The van der Waals surface area contributed by atoms with Gasteiger partial charge in [0.05, 0.1) is 32.0 Å². The van der Waals surface area contributed by atoms with Crippen LogP contribution in [0, 0.1) is 0 Å². The van der Waals surface area contributed by atoms with Crippen molar-refractivity contribution in [2.45, 2.75) is 344 Å². The Labute approximate surface area is 486 Å². The van der Waals surface area contributed by atoms with Gasteiger partial charge in [-0.1, -0.05) is 262 Å². The lowest BCUT2D eigenvalue weighted by atomic mass is 9.97. The fraction of sp³-hybridized carbons (Fsp3) is 0.864. The molecule has 2 fully saturated rings. The van der Waals surface area contributed by atoms with E-state index in [1.807, 2.05) is 0 Å². The Balaban J connectivity index is 1.71. The fourth-order valence-corrected chi connectivity index (χ4v) is 10.8. The van der Waals surface area contributed by atoms with Crippen LogP contribution >= 0.6 is 0 Å². The first-order valence-electron chi connectivity index (χ1n) is 32.9. The van der Waals surface area contributed by atoms with E-state index in [1.165, 1.54) is 161 Å². The van der Waals surface area contributed by atoms with Gasteiger partial charge in [0.25, 0.3) is 0 Å². The van der Waals surface area contributed by atoms with Crippen LogP contribution in [-0.4, -0.2) is 140 Å². The second-order valence-corrected chi connectivity index (χ2v) is 23.2. The number of unbranched alkanes of at least 4 members (excludes halogenated alkanes) is 32. The number of aliphatic hydroxyl groups is 8. The molecule has 468 valence electrons. The molecule has 2 rings (SSSR count). The monoisotopic (exact) mass is 1140 g/mol. The lowest BCUT2D eigenvalue weighted by molar-refractivity contribution is -0.359. The first kappa shape index (κ1) is 74.1. The molecule has 9 N–H and O–H groups in total. The zero-order chi connectivity index (χ0) is 58.1. The lowest BCUT2D eigenvalue weighted by Gasteiger charge is -2.46. The molecule has 0 aromatic rings. The Morgan fingerprint density at radius 1 is 0.463 bits per heavy atom. The van der Waals surface area contributed by atoms with Crippen LogP contribution in [0.5, 0.6) is 0 Å². The average molecular weight is 1140 g/mol. The maximum absolute atomic E-state index is 13.3. The third-order valence-corrected chi connectivity index (χ3v) is 16.1. The molecule has 0 aromatic carbocycles. The molecule has 0 aliphatic carbocycles. The first-order valence-corrected chi connectivity index (χ1v) is 32.9. The quantitative estimate of drug-likeness (QED) is 0.0204. The highest BCUT2D eigenvalue weighted by Gasteiger charge is 2.51. The number of aliphatic hydroxyl groups excluding tert-OH is 8. The Morgan fingerprint density at radius 3 is 1.32 bits per heavy atom. The predicted molar refractivity (Wildman–Crippen MR) is 323 cm³/mol. The Morgan fingerprint density at radius 2 is 0.863 bits per heavy atom. The zero-order valence-corrected chi connectivity index (χ0v) is 50.6. The number of allylic oxidation sites excluding steroid dienone is 8. The minimum Gasteiger partial charge on any atom is -0.394 e. The van der Waals surface area contributed by atoms with E-state index in [2.05, 4.69) is 67.8 Å². The van der Waals surface area contributed by atoms with Gasteiger partial charge in [0, 0.05) is 6.42 Å². The SMILES string of the molecule is CC/C=C\C/C=C\C/C=C\C/C=C\CCCCCCCCCCC(=O)NC(COC1OC(CO)C(OC2OC(CO)C(O)C(O)C2O)C(O)C1O)C(O)CCCCCCCCCCCCCCCCCCCCCCCCCCC. The summed E-state index contributed by atoms with van der Waals surface area (Å²) in [5.74, 6) is -0.213. The summed E-state index contributed by atoms with van der Waals surface area (Å²) in [5, 5.41) is 87.5. The van der Waals surface area contributed by atoms with Crippen molar-refractivity contribution in [1.29, 1.82) is 0 Å². The number of carbonyl (C=O) groups is 1. The third-order valence-electron chi connectivity index (χ3n) is 16.1. The van der Waals surface area contributed by atoms with Crippen molar-refractivity contribution in [3.05, 3.63) is 48.6 Å². The molecule has 2 heterocycles. The largest absolute Gasteiger partial charge is 0.394 e. The number of carbonyl (C=O) groups excluding carboxylic acids is 1. The summed E-state index contributed by atoms with van der Waals surface area (Å²) in [4.78, 5) is 13.3. The molecule has 0 saturated carbocycles. The van der Waals surface area contributed by atoms with E-state index < -0.39 is 86.8 Å². The normalized spacial score (nSPS) is 24.5. The van der Waals surface area contributed by atoms with Crippen LogP contribution in [0.15, 0.2) is 48.6 Å². The standard InChI is InChI=1S/C66H121NO13/c1-3-5-7-9-11-13-15-17-19-21-23-25-26-27-28-30-31-33-35-37-39-41-43-45-47-49-55(70)54(53-77-65-63(76)61(74)64(57(52-69)79-65)80-66-62(75)60(73)59(72)56(51-68)78-66)67-58(71)50-48-46-44-42-40-38-36-34-32-29-24-22-20-18-16-14-12-10-8-6-4-2/h6,8,12,14,18,20,24,29,54-57,59-66,68-70,72-76H,3-5,7,9-11,13,15-17,19,21-23,25-28,30-53H2,1-2H3,(H,67,71)/b8-6-,14-12-,20-18-,29-24-. The molecule has 0 aromatic heterocycles. The fourth-order valence-electron chi connectivity index (χ4n) is 10.8. The van der Waals surface area contributed by atoms with E-state index in [-0.39, 0.29) is 12.5 Å². The van der Waals surface area contributed by atoms with Crippen molar-refractivity contribution in [3.63, 3.8) is 0 Å². The molecule has 2 saturated heterocycles. The smallest absolute Gasteiger partial charge is 0.220 e. The van der Waals surface area contributed by atoms with Gasteiger partial charge in [-0.05, 0) is 51.4 Å². The van der Waals surface area contributed by atoms with Crippen molar-refractivity contribution >= 4 is 5.91 Å². The molecular formula is C66H121NO13. The maximum Gasteiger partial charge on any atom is 0.220 e. The highest BCUT2D eigenvalue weighted by atomic mass is 16.7. The summed E-state index contributed by atoms with van der Waals surface area (Å²) in [6.45, 7) is 2.77. The summed E-state index contributed by atoms with van der Waals surface area (Å²) in [6, 6.07) is -0.836. The van der Waals surface area contributed by atoms with Crippen LogP contribution in [0.4, 0.5) is 0 Å². The van der Waals surface area contributed by atoms with Crippen molar-refractivity contribution in [1.82, 2.24) is 5.32 Å². The molecule has 2 aliphatic rings. The summed E-state index contributed by atoms with van der Waals surface area (Å²) in [6.07, 6.45) is 48.2. The molecule has 1 amide bonds. The zero-order valence-electron chi connectivity index (χ0n) is 50.6. The lowest BCUT2D eigenvalue weighted by Crippen LogP contribution is -2.65. The Bertz CT molecular complexity index is 1530. The summed E-state index contributed by atoms with van der Waals surface area (Å²) in [7, 11) is 0. The van der Waals surface area contributed by atoms with Crippen molar-refractivity contribution < 1.29 is 64.6 Å². The predicted octanol–water partition coefficient (Wildman–Crippen LogP) is 12.3. The van der Waals surface area contributed by atoms with Crippen LogP contribution in [0.2, 0.25) is 0 Å². The van der Waals surface area contributed by atoms with Crippen molar-refractivity contribution in [3.8, 4) is 0 Å². The van der Waals surface area contributed by atoms with E-state index in [0.717, 1.165) is 77.0 Å². The van der Waals surface area contributed by atoms with Gasteiger partial charge in [-0.15, -0.1) is 0 Å². The van der Waals surface area contributed by atoms with Gasteiger partial charge in [-0.25, -0.2) is 0 Å². The van der Waals surface area contributed by atoms with E-state index in [0.29, 0.717) is 19.3 Å². The second-order valence-electron chi connectivity index (χ2n) is 23.2. The molecule has 12 atom stereocenters. The number of nitrogens with one attached hydrogen (secondary N) is 1. The molecule has 80 heavy (non-hydrogen) atoms.